The van der Waals surface area contributed by atoms with Gasteiger partial charge in [-0.25, -0.2) is 22.5 Å². The third-order valence-electron chi connectivity index (χ3n) is 6.81. The van der Waals surface area contributed by atoms with Crippen LogP contribution in [0.4, 0.5) is 17.6 Å². The van der Waals surface area contributed by atoms with Crippen molar-refractivity contribution in [3.63, 3.8) is 0 Å². The number of nitriles is 1. The molecular formula is C30H26F4N4O4. The number of aliphatic imine (C=N–C) groups is 1. The highest BCUT2D eigenvalue weighted by molar-refractivity contribution is 5.98. The fourth-order valence-electron chi connectivity index (χ4n) is 4.54. The van der Waals surface area contributed by atoms with E-state index in [1.165, 1.54) is 12.3 Å². The minimum atomic E-state index is -2.84. The number of nitrogens with zero attached hydrogens (tertiary/aromatic N) is 3. The van der Waals surface area contributed by atoms with E-state index in [0.717, 1.165) is 12.1 Å². The first-order valence-corrected chi connectivity index (χ1v) is 13.0. The fraction of sp³-hybridized carbons (Fsp3) is 0.300. The molecule has 0 saturated carbocycles. The van der Waals surface area contributed by atoms with Crippen molar-refractivity contribution >= 4 is 16.9 Å². The molecule has 0 bridgehead atoms. The predicted octanol–water partition coefficient (Wildman–Crippen LogP) is 6.17. The SMILES string of the molecule is CC(C)Oc1ccc(-c2c[nH]c3nccc(Oc4c(F)cc(CC5=NCC(CO)(C(F)F)CO5)cc4F)c23)cc1C#N. The molecule has 2 N–H and O–H groups in total. The normalized spacial score (nSPS) is 16.8. The number of ether oxygens (including phenoxy) is 3. The number of hydrogen-bond acceptors (Lipinski definition) is 7. The highest BCUT2D eigenvalue weighted by atomic mass is 19.3. The molecule has 0 radical (unpaired) electrons. The molecule has 1 unspecified atom stereocenters. The van der Waals surface area contributed by atoms with Crippen LogP contribution in [0.15, 0.2) is 53.8 Å². The Kier molecular flexibility index (Phi) is 8.04. The van der Waals surface area contributed by atoms with E-state index in [-0.39, 0.29) is 36.3 Å². The summed E-state index contributed by atoms with van der Waals surface area (Å²) in [7, 11) is 0. The van der Waals surface area contributed by atoms with Crippen LogP contribution >= 0.6 is 0 Å². The van der Waals surface area contributed by atoms with Crippen molar-refractivity contribution in [1.82, 2.24) is 9.97 Å². The van der Waals surface area contributed by atoms with E-state index in [2.05, 4.69) is 21.0 Å². The molecule has 1 aliphatic heterocycles. The molecule has 42 heavy (non-hydrogen) atoms. The average molecular weight is 583 g/mol. The lowest BCUT2D eigenvalue weighted by molar-refractivity contribution is -0.0713. The van der Waals surface area contributed by atoms with E-state index in [1.807, 2.05) is 13.8 Å². The Morgan fingerprint density at radius 3 is 2.52 bits per heavy atom. The second-order valence-corrected chi connectivity index (χ2v) is 10.2. The number of alkyl halides is 2. The molecule has 2 aromatic carbocycles. The number of rotatable bonds is 9. The largest absolute Gasteiger partial charge is 0.490 e. The van der Waals surface area contributed by atoms with Gasteiger partial charge in [-0.2, -0.15) is 5.26 Å². The van der Waals surface area contributed by atoms with E-state index in [1.54, 1.807) is 24.4 Å². The molecule has 2 aromatic heterocycles. The number of aliphatic hydroxyl groups is 1. The van der Waals surface area contributed by atoms with Crippen LogP contribution in [0.1, 0.15) is 25.0 Å². The van der Waals surface area contributed by atoms with Crippen LogP contribution in [0.25, 0.3) is 22.2 Å². The number of halogens is 4. The smallest absolute Gasteiger partial charge is 0.251 e. The molecule has 0 spiro atoms. The van der Waals surface area contributed by atoms with Gasteiger partial charge in [-0.3, -0.25) is 4.99 Å². The van der Waals surface area contributed by atoms with Crippen LogP contribution in [0.2, 0.25) is 0 Å². The molecule has 0 fully saturated rings. The van der Waals surface area contributed by atoms with Crippen LogP contribution in [0, 0.1) is 28.4 Å². The maximum absolute atomic E-state index is 15.2. The van der Waals surface area contributed by atoms with E-state index < -0.39 is 42.4 Å². The van der Waals surface area contributed by atoms with Gasteiger partial charge in [0, 0.05) is 24.4 Å². The number of aliphatic hydroxyl groups excluding tert-OH is 1. The molecule has 0 amide bonds. The summed E-state index contributed by atoms with van der Waals surface area (Å²) in [6.45, 7) is 2.06. The standard InChI is InChI=1S/C30H26F4N4O4/c1-16(2)41-23-4-3-18(10-19(23)11-35)20-12-37-28-26(20)24(5-6-36-28)42-27-21(31)7-17(8-22(27)32)9-25-38-13-30(14-39,15-40-25)29(33)34/h3-8,10,12,16,29,39H,9,13-15H2,1-2H3,(H,36,37). The third kappa shape index (κ3) is 5.60. The van der Waals surface area contributed by atoms with E-state index in [9.17, 15) is 19.1 Å². The number of hydrogen-bond donors (Lipinski definition) is 2. The number of aromatic amines is 1. The van der Waals surface area contributed by atoms with Gasteiger partial charge in [0.15, 0.2) is 23.3 Å². The quantitative estimate of drug-likeness (QED) is 0.228. The van der Waals surface area contributed by atoms with Crippen molar-refractivity contribution in [1.29, 1.82) is 5.26 Å². The highest BCUT2D eigenvalue weighted by Crippen LogP contribution is 2.39. The van der Waals surface area contributed by atoms with Gasteiger partial charge in [-0.1, -0.05) is 6.07 Å². The van der Waals surface area contributed by atoms with Crippen molar-refractivity contribution in [2.24, 2.45) is 10.4 Å². The van der Waals surface area contributed by atoms with Crippen molar-refractivity contribution in [3.05, 3.63) is 71.6 Å². The second-order valence-electron chi connectivity index (χ2n) is 10.2. The summed E-state index contributed by atoms with van der Waals surface area (Å²) >= 11 is 0. The molecule has 5 rings (SSSR count). The Bertz CT molecular complexity index is 1680. The van der Waals surface area contributed by atoms with Gasteiger partial charge >= 0.3 is 0 Å². The lowest BCUT2D eigenvalue weighted by atomic mass is 9.90. The van der Waals surface area contributed by atoms with Gasteiger partial charge in [-0.15, -0.1) is 0 Å². The summed E-state index contributed by atoms with van der Waals surface area (Å²) in [5, 5.41) is 19.4. The van der Waals surface area contributed by atoms with Gasteiger partial charge in [-0.05, 0) is 55.3 Å². The molecule has 0 aliphatic carbocycles. The van der Waals surface area contributed by atoms with Gasteiger partial charge in [0.25, 0.3) is 6.43 Å². The van der Waals surface area contributed by atoms with Crippen molar-refractivity contribution in [2.45, 2.75) is 32.8 Å². The first kappa shape index (κ1) is 28.9. The molecule has 218 valence electrons. The minimum Gasteiger partial charge on any atom is -0.490 e. The lowest BCUT2D eigenvalue weighted by Gasteiger charge is -2.33. The van der Waals surface area contributed by atoms with Crippen molar-refractivity contribution < 1.29 is 36.9 Å². The van der Waals surface area contributed by atoms with Crippen LogP contribution in [0.3, 0.4) is 0 Å². The third-order valence-corrected chi connectivity index (χ3v) is 6.81. The van der Waals surface area contributed by atoms with Crippen LogP contribution < -0.4 is 9.47 Å². The van der Waals surface area contributed by atoms with E-state index in [4.69, 9.17) is 14.2 Å². The highest BCUT2D eigenvalue weighted by Gasteiger charge is 2.43. The number of aromatic nitrogens is 2. The number of benzene rings is 2. The first-order valence-electron chi connectivity index (χ1n) is 13.0. The summed E-state index contributed by atoms with van der Waals surface area (Å²) in [6, 6.07) is 10.8. The second kappa shape index (κ2) is 11.7. The summed E-state index contributed by atoms with van der Waals surface area (Å²) in [4.78, 5) is 11.3. The van der Waals surface area contributed by atoms with Gasteiger partial charge in [0.2, 0.25) is 0 Å². The Labute approximate surface area is 238 Å². The summed E-state index contributed by atoms with van der Waals surface area (Å²) in [5.74, 6) is -2.07. The zero-order valence-corrected chi connectivity index (χ0v) is 22.6. The zero-order chi connectivity index (χ0) is 30.0. The Balaban J connectivity index is 1.43. The molecule has 1 atom stereocenters. The van der Waals surface area contributed by atoms with E-state index >= 15 is 8.78 Å². The number of pyridine rings is 1. The molecule has 8 nitrogen and oxygen atoms in total. The number of nitrogens with one attached hydrogen (secondary N) is 1. The lowest BCUT2D eigenvalue weighted by Crippen LogP contribution is -2.45. The molecule has 4 aromatic rings. The monoisotopic (exact) mass is 582 g/mol. The van der Waals surface area contributed by atoms with Crippen LogP contribution in [0.5, 0.6) is 17.2 Å². The van der Waals surface area contributed by atoms with Gasteiger partial charge in [0.05, 0.1) is 30.2 Å². The molecule has 12 heteroatoms. The topological polar surface area (TPSA) is 113 Å². The summed E-state index contributed by atoms with van der Waals surface area (Å²) in [5.41, 5.74) is 0.292. The number of H-pyrrole nitrogens is 1. The van der Waals surface area contributed by atoms with Gasteiger partial charge in [0.1, 0.15) is 35.2 Å². The van der Waals surface area contributed by atoms with Crippen molar-refractivity contribution in [3.8, 4) is 34.4 Å². The molecule has 0 saturated heterocycles. The van der Waals surface area contributed by atoms with Crippen LogP contribution in [-0.2, 0) is 11.2 Å². The maximum atomic E-state index is 15.2. The van der Waals surface area contributed by atoms with E-state index in [0.29, 0.717) is 33.5 Å². The van der Waals surface area contributed by atoms with Crippen LogP contribution in [-0.4, -0.2) is 53.3 Å². The Morgan fingerprint density at radius 1 is 1.14 bits per heavy atom. The summed E-state index contributed by atoms with van der Waals surface area (Å²) < 4.78 is 73.7. The molecule has 3 heterocycles. The van der Waals surface area contributed by atoms with Crippen molar-refractivity contribution in [2.75, 3.05) is 19.8 Å². The Hall–Kier alpha value is -4.63. The predicted molar refractivity (Wildman–Crippen MR) is 146 cm³/mol. The van der Waals surface area contributed by atoms with Gasteiger partial charge < -0.3 is 24.3 Å². The molecule has 1 aliphatic rings. The summed E-state index contributed by atoms with van der Waals surface area (Å²) in [6.07, 6.45) is -0.0310. The zero-order valence-electron chi connectivity index (χ0n) is 22.6. The average Bonchev–Trinajstić information content (AvgIpc) is 3.40. The Morgan fingerprint density at radius 2 is 1.90 bits per heavy atom. The fourth-order valence-corrected chi connectivity index (χ4v) is 4.54. The first-order chi connectivity index (χ1) is 20.1. The minimum absolute atomic E-state index is 0.0292. The number of fused-ring (bicyclic) bond motifs is 1. The molecular weight excluding hydrogens is 556 g/mol. The maximum Gasteiger partial charge on any atom is 0.251 e.